The van der Waals surface area contributed by atoms with Gasteiger partial charge in [0.25, 0.3) is 0 Å². The van der Waals surface area contributed by atoms with Crippen molar-refractivity contribution in [3.63, 3.8) is 0 Å². The molecule has 1 aliphatic carbocycles. The molecule has 0 aromatic carbocycles. The largest absolute Gasteiger partial charge is 0.354 e. The second kappa shape index (κ2) is 4.61. The Morgan fingerprint density at radius 1 is 1.54 bits per heavy atom. The normalized spacial score (nSPS) is 26.2. The van der Waals surface area contributed by atoms with Gasteiger partial charge in [-0.15, -0.1) is 0 Å². The Bertz CT molecular complexity index is 180. The summed E-state index contributed by atoms with van der Waals surface area (Å²) in [6.07, 6.45) is 1.87. The van der Waals surface area contributed by atoms with E-state index in [1.54, 1.807) is 0 Å². The van der Waals surface area contributed by atoms with Gasteiger partial charge in [-0.25, -0.2) is 0 Å². The first-order chi connectivity index (χ1) is 6.09. The van der Waals surface area contributed by atoms with E-state index in [2.05, 4.69) is 17.6 Å². The number of rotatable bonds is 5. The molecule has 13 heavy (non-hydrogen) atoms. The molecule has 1 amide bonds. The zero-order chi connectivity index (χ0) is 9.84. The minimum Gasteiger partial charge on any atom is -0.354 e. The monoisotopic (exact) mass is 184 g/mol. The molecule has 0 bridgehead atoms. The lowest BCUT2D eigenvalue weighted by molar-refractivity contribution is -0.121. The molecule has 0 aromatic rings. The minimum absolute atomic E-state index is 0.149. The molecule has 0 saturated heterocycles. The Kier molecular flexibility index (Phi) is 3.72. The van der Waals surface area contributed by atoms with Crippen LogP contribution in [0.4, 0.5) is 0 Å². The van der Waals surface area contributed by atoms with E-state index in [1.807, 2.05) is 13.8 Å². The van der Waals surface area contributed by atoms with Gasteiger partial charge in [-0.2, -0.15) is 0 Å². The van der Waals surface area contributed by atoms with Crippen LogP contribution in [0.25, 0.3) is 0 Å². The van der Waals surface area contributed by atoms with E-state index in [1.165, 1.54) is 6.42 Å². The molecule has 2 unspecified atom stereocenters. The third-order valence-corrected chi connectivity index (χ3v) is 2.32. The lowest BCUT2D eigenvalue weighted by atomic mass is 10.3. The van der Waals surface area contributed by atoms with Gasteiger partial charge in [0.1, 0.15) is 0 Å². The molecule has 3 heteroatoms. The van der Waals surface area contributed by atoms with Gasteiger partial charge in [-0.05, 0) is 26.2 Å². The fourth-order valence-electron chi connectivity index (χ4n) is 1.37. The molecular formula is C10H20N2O. The van der Waals surface area contributed by atoms with Gasteiger partial charge in [-0.1, -0.05) is 6.92 Å². The van der Waals surface area contributed by atoms with Crippen LogP contribution in [0.5, 0.6) is 0 Å². The highest BCUT2D eigenvalue weighted by Crippen LogP contribution is 2.28. The molecule has 1 fully saturated rings. The predicted molar refractivity (Wildman–Crippen MR) is 53.5 cm³/mol. The zero-order valence-corrected chi connectivity index (χ0v) is 8.76. The van der Waals surface area contributed by atoms with E-state index in [9.17, 15) is 4.79 Å². The van der Waals surface area contributed by atoms with Crippen LogP contribution in [0, 0.1) is 5.92 Å². The van der Waals surface area contributed by atoms with Gasteiger partial charge in [0.2, 0.25) is 5.91 Å². The Balaban J connectivity index is 1.96. The first-order valence-electron chi connectivity index (χ1n) is 5.12. The highest BCUT2D eigenvalue weighted by Gasteiger charge is 2.31. The average molecular weight is 184 g/mol. The molecule has 0 aromatic heterocycles. The van der Waals surface area contributed by atoms with E-state index < -0.39 is 0 Å². The first-order valence-corrected chi connectivity index (χ1v) is 5.12. The number of hydrogen-bond donors (Lipinski definition) is 2. The highest BCUT2D eigenvalue weighted by molar-refractivity contribution is 5.76. The molecule has 2 atom stereocenters. The molecule has 1 saturated carbocycles. The van der Waals surface area contributed by atoms with Crippen LogP contribution < -0.4 is 10.6 Å². The van der Waals surface area contributed by atoms with Crippen molar-refractivity contribution in [2.45, 2.75) is 45.7 Å². The van der Waals surface area contributed by atoms with Crippen molar-refractivity contribution in [2.24, 2.45) is 5.92 Å². The van der Waals surface area contributed by atoms with Gasteiger partial charge in [0, 0.05) is 25.0 Å². The van der Waals surface area contributed by atoms with E-state index in [4.69, 9.17) is 0 Å². The van der Waals surface area contributed by atoms with Crippen molar-refractivity contribution in [2.75, 3.05) is 6.54 Å². The SMILES string of the molecule is CC(C)NC(=O)CCNC1CC1C. The number of hydrogen-bond acceptors (Lipinski definition) is 2. The summed E-state index contributed by atoms with van der Waals surface area (Å²) in [6, 6.07) is 0.930. The third kappa shape index (κ3) is 4.27. The molecule has 2 N–H and O–H groups in total. The van der Waals surface area contributed by atoms with E-state index >= 15 is 0 Å². The molecule has 0 spiro atoms. The quantitative estimate of drug-likeness (QED) is 0.666. The number of carbonyl (C=O) groups is 1. The summed E-state index contributed by atoms with van der Waals surface area (Å²) in [5.41, 5.74) is 0. The summed E-state index contributed by atoms with van der Waals surface area (Å²) in [7, 11) is 0. The van der Waals surface area contributed by atoms with Crippen molar-refractivity contribution in [3.05, 3.63) is 0 Å². The maximum atomic E-state index is 11.2. The molecule has 0 radical (unpaired) electrons. The Labute approximate surface area is 80.3 Å². The summed E-state index contributed by atoms with van der Waals surface area (Å²) < 4.78 is 0. The van der Waals surface area contributed by atoms with Crippen molar-refractivity contribution >= 4 is 5.91 Å². The van der Waals surface area contributed by atoms with E-state index in [0.717, 1.165) is 12.5 Å². The molecule has 76 valence electrons. The van der Waals surface area contributed by atoms with E-state index in [-0.39, 0.29) is 11.9 Å². The van der Waals surface area contributed by atoms with Crippen LogP contribution in [-0.4, -0.2) is 24.5 Å². The summed E-state index contributed by atoms with van der Waals surface area (Å²) in [5.74, 6) is 0.962. The smallest absolute Gasteiger partial charge is 0.221 e. The van der Waals surface area contributed by atoms with Crippen LogP contribution in [0.3, 0.4) is 0 Å². The summed E-state index contributed by atoms with van der Waals surface area (Å²) in [4.78, 5) is 11.2. The molecule has 0 heterocycles. The van der Waals surface area contributed by atoms with Crippen LogP contribution in [0.1, 0.15) is 33.6 Å². The Morgan fingerprint density at radius 3 is 2.62 bits per heavy atom. The van der Waals surface area contributed by atoms with Gasteiger partial charge in [-0.3, -0.25) is 4.79 Å². The van der Waals surface area contributed by atoms with E-state index in [0.29, 0.717) is 12.5 Å². The molecular weight excluding hydrogens is 164 g/mol. The lowest BCUT2D eigenvalue weighted by Crippen LogP contribution is -2.33. The fourth-order valence-corrected chi connectivity index (χ4v) is 1.37. The second-order valence-electron chi connectivity index (χ2n) is 4.25. The van der Waals surface area contributed by atoms with Gasteiger partial charge >= 0.3 is 0 Å². The molecule has 3 nitrogen and oxygen atoms in total. The summed E-state index contributed by atoms with van der Waals surface area (Å²) >= 11 is 0. The summed E-state index contributed by atoms with van der Waals surface area (Å²) in [6.45, 7) is 7.00. The molecule has 0 aliphatic heterocycles. The van der Waals surface area contributed by atoms with Crippen LogP contribution >= 0.6 is 0 Å². The molecule has 1 rings (SSSR count). The Morgan fingerprint density at radius 2 is 2.15 bits per heavy atom. The van der Waals surface area contributed by atoms with Crippen molar-refractivity contribution in [3.8, 4) is 0 Å². The molecule has 1 aliphatic rings. The van der Waals surface area contributed by atoms with Crippen molar-refractivity contribution in [1.29, 1.82) is 0 Å². The van der Waals surface area contributed by atoms with Gasteiger partial charge in [0.05, 0.1) is 0 Å². The lowest BCUT2D eigenvalue weighted by Gasteiger charge is -2.08. The summed E-state index contributed by atoms with van der Waals surface area (Å²) in [5, 5.41) is 6.22. The number of nitrogens with one attached hydrogen (secondary N) is 2. The topological polar surface area (TPSA) is 41.1 Å². The number of amides is 1. The predicted octanol–water partition coefficient (Wildman–Crippen LogP) is 0.899. The van der Waals surface area contributed by atoms with Crippen LogP contribution in [0.15, 0.2) is 0 Å². The van der Waals surface area contributed by atoms with Crippen LogP contribution in [-0.2, 0) is 4.79 Å². The van der Waals surface area contributed by atoms with Crippen molar-refractivity contribution < 1.29 is 4.79 Å². The van der Waals surface area contributed by atoms with Crippen molar-refractivity contribution in [1.82, 2.24) is 10.6 Å². The standard InChI is InChI=1S/C10H20N2O/c1-7(2)12-10(13)4-5-11-9-6-8(9)3/h7-9,11H,4-6H2,1-3H3,(H,12,13). The first kappa shape index (κ1) is 10.5. The van der Waals surface area contributed by atoms with Gasteiger partial charge < -0.3 is 10.6 Å². The average Bonchev–Trinajstić information content (AvgIpc) is 2.64. The maximum absolute atomic E-state index is 11.2. The second-order valence-corrected chi connectivity index (χ2v) is 4.25. The number of carbonyl (C=O) groups excluding carboxylic acids is 1. The minimum atomic E-state index is 0.149. The zero-order valence-electron chi connectivity index (χ0n) is 8.76. The fraction of sp³-hybridized carbons (Fsp3) is 0.900. The highest BCUT2D eigenvalue weighted by atomic mass is 16.1. The maximum Gasteiger partial charge on any atom is 0.221 e. The van der Waals surface area contributed by atoms with Gasteiger partial charge in [0.15, 0.2) is 0 Å². The Hall–Kier alpha value is -0.570. The van der Waals surface area contributed by atoms with Crippen LogP contribution in [0.2, 0.25) is 0 Å². The third-order valence-electron chi connectivity index (χ3n) is 2.32.